The molecule has 0 fully saturated rings. The lowest BCUT2D eigenvalue weighted by Gasteiger charge is -1.99. The second-order valence-electron chi connectivity index (χ2n) is 4.99. The SMILES string of the molecule is CCCCCCCc1csc(-c2ccc(F)cc2)c1. The summed E-state index contributed by atoms with van der Waals surface area (Å²) >= 11 is 1.75. The lowest BCUT2D eigenvalue weighted by molar-refractivity contribution is 0.628. The van der Waals surface area contributed by atoms with Gasteiger partial charge < -0.3 is 0 Å². The standard InChI is InChI=1S/C17H21FS/c1-2-3-4-5-6-7-14-12-17(19-13-14)15-8-10-16(18)11-9-15/h8-13H,2-7H2,1H3. The van der Waals surface area contributed by atoms with Crippen LogP contribution < -0.4 is 0 Å². The molecule has 102 valence electrons. The van der Waals surface area contributed by atoms with Gasteiger partial charge in [0.2, 0.25) is 0 Å². The van der Waals surface area contributed by atoms with Gasteiger partial charge in [-0.15, -0.1) is 11.3 Å². The summed E-state index contributed by atoms with van der Waals surface area (Å²) in [4.78, 5) is 1.24. The third-order valence-corrected chi connectivity index (χ3v) is 4.38. The van der Waals surface area contributed by atoms with Crippen molar-refractivity contribution in [2.75, 3.05) is 0 Å². The molecule has 0 saturated carbocycles. The van der Waals surface area contributed by atoms with E-state index in [0.29, 0.717) is 0 Å². The van der Waals surface area contributed by atoms with Crippen LogP contribution in [0, 0.1) is 5.82 Å². The molecule has 0 N–H and O–H groups in total. The number of hydrogen-bond donors (Lipinski definition) is 0. The molecule has 0 aliphatic heterocycles. The normalized spacial score (nSPS) is 10.8. The van der Waals surface area contributed by atoms with Gasteiger partial charge in [0.25, 0.3) is 0 Å². The average Bonchev–Trinajstić information content (AvgIpc) is 2.88. The van der Waals surface area contributed by atoms with Crippen LogP contribution in [0.1, 0.15) is 44.6 Å². The van der Waals surface area contributed by atoms with Crippen LogP contribution in [-0.2, 0) is 6.42 Å². The molecule has 0 spiro atoms. The van der Waals surface area contributed by atoms with Gasteiger partial charge in [0.05, 0.1) is 0 Å². The number of hydrogen-bond acceptors (Lipinski definition) is 1. The van der Waals surface area contributed by atoms with Crippen LogP contribution in [0.5, 0.6) is 0 Å². The van der Waals surface area contributed by atoms with Gasteiger partial charge in [-0.05, 0) is 47.5 Å². The van der Waals surface area contributed by atoms with E-state index in [-0.39, 0.29) is 5.82 Å². The monoisotopic (exact) mass is 276 g/mol. The van der Waals surface area contributed by atoms with Crippen molar-refractivity contribution in [2.45, 2.75) is 45.4 Å². The lowest BCUT2D eigenvalue weighted by Crippen LogP contribution is -1.83. The zero-order valence-corrected chi connectivity index (χ0v) is 12.3. The van der Waals surface area contributed by atoms with Crippen LogP contribution >= 0.6 is 11.3 Å². The van der Waals surface area contributed by atoms with Crippen molar-refractivity contribution >= 4 is 11.3 Å². The Morgan fingerprint density at radius 3 is 2.47 bits per heavy atom. The summed E-state index contributed by atoms with van der Waals surface area (Å²) in [5.74, 6) is -0.170. The number of aryl methyl sites for hydroxylation is 1. The smallest absolute Gasteiger partial charge is 0.123 e. The van der Waals surface area contributed by atoms with Crippen LogP contribution in [0.25, 0.3) is 10.4 Å². The predicted octanol–water partition coefficient (Wildman–Crippen LogP) is 6.07. The molecule has 1 heterocycles. The molecule has 0 bridgehead atoms. The van der Waals surface area contributed by atoms with Crippen LogP contribution in [0.15, 0.2) is 35.7 Å². The largest absolute Gasteiger partial charge is 0.207 e. The van der Waals surface area contributed by atoms with Gasteiger partial charge in [0.1, 0.15) is 5.82 Å². The van der Waals surface area contributed by atoms with Crippen molar-refractivity contribution in [1.29, 1.82) is 0 Å². The first-order valence-corrected chi connectivity index (χ1v) is 8.01. The summed E-state index contributed by atoms with van der Waals surface area (Å²) in [6, 6.07) is 9.01. The third-order valence-electron chi connectivity index (χ3n) is 3.35. The zero-order valence-electron chi connectivity index (χ0n) is 11.5. The Morgan fingerprint density at radius 1 is 1.00 bits per heavy atom. The van der Waals surface area contributed by atoms with E-state index in [4.69, 9.17) is 0 Å². The summed E-state index contributed by atoms with van der Waals surface area (Å²) in [7, 11) is 0. The summed E-state index contributed by atoms with van der Waals surface area (Å²) in [5.41, 5.74) is 2.53. The fraction of sp³-hybridized carbons (Fsp3) is 0.412. The van der Waals surface area contributed by atoms with Gasteiger partial charge in [0, 0.05) is 4.88 Å². The van der Waals surface area contributed by atoms with E-state index in [1.54, 1.807) is 11.3 Å². The molecule has 2 heteroatoms. The third kappa shape index (κ3) is 4.46. The van der Waals surface area contributed by atoms with Gasteiger partial charge in [-0.2, -0.15) is 0 Å². The molecule has 1 aromatic heterocycles. The fourth-order valence-electron chi connectivity index (χ4n) is 2.20. The first-order valence-electron chi connectivity index (χ1n) is 7.13. The fourth-order valence-corrected chi connectivity index (χ4v) is 3.16. The highest BCUT2D eigenvalue weighted by molar-refractivity contribution is 7.13. The molecule has 0 atom stereocenters. The highest BCUT2D eigenvalue weighted by Gasteiger charge is 2.03. The second kappa shape index (κ2) is 7.44. The Kier molecular flexibility index (Phi) is 5.59. The molecule has 19 heavy (non-hydrogen) atoms. The molecule has 2 rings (SSSR count). The Balaban J connectivity index is 1.86. The average molecular weight is 276 g/mol. The topological polar surface area (TPSA) is 0 Å². The molecule has 0 saturated heterocycles. The van der Waals surface area contributed by atoms with E-state index in [1.807, 2.05) is 12.1 Å². The maximum absolute atomic E-state index is 12.9. The maximum atomic E-state index is 12.9. The quantitative estimate of drug-likeness (QED) is 0.539. The Hall–Kier alpha value is -1.15. The van der Waals surface area contributed by atoms with Crippen molar-refractivity contribution in [3.8, 4) is 10.4 Å². The van der Waals surface area contributed by atoms with Crippen LogP contribution in [-0.4, -0.2) is 0 Å². The van der Waals surface area contributed by atoms with E-state index in [0.717, 1.165) is 5.56 Å². The maximum Gasteiger partial charge on any atom is 0.123 e. The lowest BCUT2D eigenvalue weighted by atomic mass is 10.1. The highest BCUT2D eigenvalue weighted by Crippen LogP contribution is 2.28. The number of benzene rings is 1. The second-order valence-corrected chi connectivity index (χ2v) is 5.90. The molecular formula is C17H21FS. The molecule has 1 aromatic carbocycles. The van der Waals surface area contributed by atoms with Gasteiger partial charge in [-0.25, -0.2) is 4.39 Å². The van der Waals surface area contributed by atoms with Crippen LogP contribution in [0.2, 0.25) is 0 Å². The van der Waals surface area contributed by atoms with Gasteiger partial charge >= 0.3 is 0 Å². The molecule has 2 aromatic rings. The number of halogens is 1. The van der Waals surface area contributed by atoms with Crippen molar-refractivity contribution in [1.82, 2.24) is 0 Å². The first kappa shape index (κ1) is 14.3. The highest BCUT2D eigenvalue weighted by atomic mass is 32.1. The van der Waals surface area contributed by atoms with Gasteiger partial charge in [-0.1, -0.05) is 44.7 Å². The number of rotatable bonds is 7. The summed E-state index contributed by atoms with van der Waals surface area (Å²) in [5, 5.41) is 2.23. The van der Waals surface area contributed by atoms with E-state index in [9.17, 15) is 4.39 Å². The summed E-state index contributed by atoms with van der Waals surface area (Å²) in [6.45, 7) is 2.24. The number of thiophene rings is 1. The van der Waals surface area contributed by atoms with Crippen LogP contribution in [0.4, 0.5) is 4.39 Å². The first-order chi connectivity index (χ1) is 9.29. The van der Waals surface area contributed by atoms with E-state index in [2.05, 4.69) is 18.4 Å². The van der Waals surface area contributed by atoms with Gasteiger partial charge in [0.15, 0.2) is 0 Å². The Bertz CT molecular complexity index is 484. The van der Waals surface area contributed by atoms with E-state index < -0.39 is 0 Å². The summed E-state index contributed by atoms with van der Waals surface area (Å²) in [6.07, 6.45) is 7.78. The Labute approximate surface area is 119 Å². The number of unbranched alkanes of at least 4 members (excludes halogenated alkanes) is 4. The molecule has 0 aliphatic rings. The van der Waals surface area contributed by atoms with Crippen molar-refractivity contribution in [3.63, 3.8) is 0 Å². The molecular weight excluding hydrogens is 255 g/mol. The molecule has 0 radical (unpaired) electrons. The molecule has 0 nitrogen and oxygen atoms in total. The van der Waals surface area contributed by atoms with Gasteiger partial charge in [-0.3, -0.25) is 0 Å². The van der Waals surface area contributed by atoms with Crippen molar-refractivity contribution in [2.24, 2.45) is 0 Å². The molecule has 0 unspecified atom stereocenters. The predicted molar refractivity (Wildman–Crippen MR) is 82.2 cm³/mol. The minimum atomic E-state index is -0.170. The van der Waals surface area contributed by atoms with E-state index >= 15 is 0 Å². The van der Waals surface area contributed by atoms with E-state index in [1.165, 1.54) is 61.1 Å². The minimum absolute atomic E-state index is 0.170. The van der Waals surface area contributed by atoms with Crippen molar-refractivity contribution in [3.05, 3.63) is 47.1 Å². The zero-order chi connectivity index (χ0) is 13.5. The molecule has 0 amide bonds. The summed E-state index contributed by atoms with van der Waals surface area (Å²) < 4.78 is 12.9. The molecule has 0 aliphatic carbocycles. The van der Waals surface area contributed by atoms with Crippen LogP contribution in [0.3, 0.4) is 0 Å². The Morgan fingerprint density at radius 2 is 1.74 bits per heavy atom. The minimum Gasteiger partial charge on any atom is -0.207 e. The van der Waals surface area contributed by atoms with Crippen molar-refractivity contribution < 1.29 is 4.39 Å².